The molecule has 1 saturated carbocycles. The summed E-state index contributed by atoms with van der Waals surface area (Å²) in [7, 11) is 0. The molecule has 0 aliphatic heterocycles. The molecule has 4 rings (SSSR count). The highest BCUT2D eigenvalue weighted by Gasteiger charge is 2.29. The maximum Gasteiger partial charge on any atom is 0.422 e. The van der Waals surface area contributed by atoms with E-state index in [2.05, 4.69) is 23.5 Å². The minimum atomic E-state index is -4.61. The van der Waals surface area contributed by atoms with Gasteiger partial charge in [-0.05, 0) is 66.8 Å². The van der Waals surface area contributed by atoms with E-state index in [0.29, 0.717) is 0 Å². The third kappa shape index (κ3) is 6.16. The largest absolute Gasteiger partial charge is 0.481 e. The van der Waals surface area contributed by atoms with E-state index in [1.807, 2.05) is 0 Å². The number of alkyl halides is 3. The van der Waals surface area contributed by atoms with Crippen LogP contribution in [0.25, 0.3) is 21.9 Å². The molecule has 0 aromatic heterocycles. The fourth-order valence-corrected chi connectivity index (χ4v) is 4.81. The van der Waals surface area contributed by atoms with Crippen molar-refractivity contribution >= 4 is 10.8 Å². The van der Waals surface area contributed by atoms with Crippen LogP contribution in [-0.2, 0) is 0 Å². The van der Waals surface area contributed by atoms with Gasteiger partial charge in [0.25, 0.3) is 0 Å². The smallest absolute Gasteiger partial charge is 0.422 e. The molecule has 1 aliphatic carbocycles. The van der Waals surface area contributed by atoms with Gasteiger partial charge in [0.2, 0.25) is 0 Å². The minimum Gasteiger partial charge on any atom is -0.481 e. The first-order valence-corrected chi connectivity index (χ1v) is 12.1. The van der Waals surface area contributed by atoms with Crippen LogP contribution < -0.4 is 4.74 Å². The van der Waals surface area contributed by atoms with Gasteiger partial charge in [-0.2, -0.15) is 13.2 Å². The fourth-order valence-electron chi connectivity index (χ4n) is 4.81. The lowest BCUT2D eigenvalue weighted by molar-refractivity contribution is -0.153. The lowest BCUT2D eigenvalue weighted by Gasteiger charge is -2.25. The Morgan fingerprint density at radius 1 is 0.917 bits per heavy atom. The highest BCUT2D eigenvalue weighted by atomic mass is 19.4. The second kappa shape index (κ2) is 10.9. The van der Waals surface area contributed by atoms with E-state index < -0.39 is 36.0 Å². The molecular weight excluding hydrogens is 478 g/mol. The first-order chi connectivity index (χ1) is 17.1. The standard InChI is InChI=1S/C29H26F6O/c1-2-3-18-4-6-19(7-5-18)8-9-20-14-24(30)27(25(31)15-20)22-10-12-23-21(16-22)11-13-26(28(23)32)36-17-29(33,34)35/h10-16,18-19H,2-7,17H2,1H3. The molecule has 0 spiro atoms. The molecule has 0 heterocycles. The molecule has 0 amide bonds. The zero-order chi connectivity index (χ0) is 25.9. The normalized spacial score (nSPS) is 18.1. The van der Waals surface area contributed by atoms with E-state index >= 15 is 0 Å². The average molecular weight is 505 g/mol. The Bertz CT molecular complexity index is 1270. The topological polar surface area (TPSA) is 9.23 Å². The van der Waals surface area contributed by atoms with Gasteiger partial charge in [-0.3, -0.25) is 0 Å². The van der Waals surface area contributed by atoms with Gasteiger partial charge in [0, 0.05) is 16.9 Å². The monoisotopic (exact) mass is 504 g/mol. The number of hydrogen-bond donors (Lipinski definition) is 0. The molecule has 0 bridgehead atoms. The van der Waals surface area contributed by atoms with Crippen LogP contribution in [0.15, 0.2) is 42.5 Å². The maximum atomic E-state index is 14.9. The quantitative estimate of drug-likeness (QED) is 0.249. The van der Waals surface area contributed by atoms with Gasteiger partial charge in [0.15, 0.2) is 18.2 Å². The average Bonchev–Trinajstić information content (AvgIpc) is 2.82. The van der Waals surface area contributed by atoms with Crippen molar-refractivity contribution < 1.29 is 31.1 Å². The van der Waals surface area contributed by atoms with Gasteiger partial charge < -0.3 is 4.74 Å². The number of ether oxygens (including phenoxy) is 1. The van der Waals surface area contributed by atoms with Crippen molar-refractivity contribution in [1.82, 2.24) is 0 Å². The second-order valence-electron chi connectivity index (χ2n) is 9.31. The van der Waals surface area contributed by atoms with E-state index in [0.717, 1.165) is 37.7 Å². The molecule has 3 aromatic rings. The molecule has 3 aromatic carbocycles. The van der Waals surface area contributed by atoms with Crippen molar-refractivity contribution in [3.8, 4) is 28.7 Å². The minimum absolute atomic E-state index is 0.0182. The number of halogens is 6. The lowest BCUT2D eigenvalue weighted by Crippen LogP contribution is -2.19. The van der Waals surface area contributed by atoms with Crippen molar-refractivity contribution in [3.63, 3.8) is 0 Å². The Balaban J connectivity index is 1.54. The van der Waals surface area contributed by atoms with E-state index in [9.17, 15) is 26.3 Å². The van der Waals surface area contributed by atoms with E-state index in [4.69, 9.17) is 0 Å². The van der Waals surface area contributed by atoms with Crippen molar-refractivity contribution in [2.45, 2.75) is 51.6 Å². The molecular formula is C29H26F6O. The van der Waals surface area contributed by atoms with Crippen LogP contribution in [0.2, 0.25) is 0 Å². The lowest BCUT2D eigenvalue weighted by atomic mass is 9.80. The Morgan fingerprint density at radius 3 is 2.25 bits per heavy atom. The second-order valence-corrected chi connectivity index (χ2v) is 9.31. The molecule has 7 heteroatoms. The van der Waals surface area contributed by atoms with Crippen molar-refractivity contribution in [3.05, 3.63) is 65.5 Å². The molecule has 0 N–H and O–H groups in total. The summed E-state index contributed by atoms with van der Waals surface area (Å²) in [5.41, 5.74) is 0.151. The van der Waals surface area contributed by atoms with Crippen LogP contribution in [0.5, 0.6) is 5.75 Å². The van der Waals surface area contributed by atoms with Crippen LogP contribution in [0.3, 0.4) is 0 Å². The fraction of sp³-hybridized carbons (Fsp3) is 0.379. The van der Waals surface area contributed by atoms with Crippen molar-refractivity contribution in [1.29, 1.82) is 0 Å². The van der Waals surface area contributed by atoms with Gasteiger partial charge in [0.1, 0.15) is 11.6 Å². The first-order valence-electron chi connectivity index (χ1n) is 12.1. The predicted octanol–water partition coefficient (Wildman–Crippen LogP) is 8.82. The molecule has 0 unspecified atom stereocenters. The number of fused-ring (bicyclic) bond motifs is 1. The Labute approximate surface area is 206 Å². The van der Waals surface area contributed by atoms with E-state index in [1.54, 1.807) is 0 Å². The summed E-state index contributed by atoms with van der Waals surface area (Å²) in [5.74, 6) is 3.94. The molecule has 0 radical (unpaired) electrons. The summed E-state index contributed by atoms with van der Waals surface area (Å²) in [6.45, 7) is 0.557. The summed E-state index contributed by atoms with van der Waals surface area (Å²) in [4.78, 5) is 0. The van der Waals surface area contributed by atoms with E-state index in [1.165, 1.54) is 49.2 Å². The number of benzene rings is 3. The van der Waals surface area contributed by atoms with Crippen LogP contribution in [0, 0.1) is 41.1 Å². The van der Waals surface area contributed by atoms with Gasteiger partial charge in [-0.15, -0.1) is 0 Å². The van der Waals surface area contributed by atoms with E-state index in [-0.39, 0.29) is 33.4 Å². The van der Waals surface area contributed by atoms with Crippen LogP contribution in [-0.4, -0.2) is 12.8 Å². The predicted molar refractivity (Wildman–Crippen MR) is 128 cm³/mol. The zero-order valence-corrected chi connectivity index (χ0v) is 19.8. The van der Waals surface area contributed by atoms with Gasteiger partial charge in [-0.25, -0.2) is 13.2 Å². The Morgan fingerprint density at radius 2 is 1.61 bits per heavy atom. The Hall–Kier alpha value is -3.14. The molecule has 1 aliphatic rings. The number of rotatable bonds is 5. The van der Waals surface area contributed by atoms with Gasteiger partial charge in [-0.1, -0.05) is 49.8 Å². The van der Waals surface area contributed by atoms with Gasteiger partial charge >= 0.3 is 6.18 Å². The van der Waals surface area contributed by atoms with Crippen LogP contribution in [0.1, 0.15) is 51.0 Å². The third-order valence-corrected chi connectivity index (χ3v) is 6.61. The summed E-state index contributed by atoms with van der Waals surface area (Å²) < 4.78 is 86.2. The number of hydrogen-bond acceptors (Lipinski definition) is 1. The summed E-state index contributed by atoms with van der Waals surface area (Å²) in [6, 6.07) is 8.75. The highest BCUT2D eigenvalue weighted by molar-refractivity contribution is 5.89. The molecule has 190 valence electrons. The molecule has 1 fully saturated rings. The molecule has 0 atom stereocenters. The summed E-state index contributed by atoms with van der Waals surface area (Å²) in [6.07, 6.45) is 2.06. The third-order valence-electron chi connectivity index (χ3n) is 6.61. The Kier molecular flexibility index (Phi) is 7.82. The molecule has 36 heavy (non-hydrogen) atoms. The maximum absolute atomic E-state index is 14.9. The molecule has 1 nitrogen and oxygen atoms in total. The SMILES string of the molecule is CCCC1CCC(C#Cc2cc(F)c(-c3ccc4c(F)c(OCC(F)(F)F)ccc4c3)c(F)c2)CC1. The zero-order valence-electron chi connectivity index (χ0n) is 19.8. The van der Waals surface area contributed by atoms with Crippen LogP contribution in [0.4, 0.5) is 26.3 Å². The summed E-state index contributed by atoms with van der Waals surface area (Å²) >= 11 is 0. The summed E-state index contributed by atoms with van der Waals surface area (Å²) in [5, 5.41) is 0.251. The van der Waals surface area contributed by atoms with Crippen molar-refractivity contribution in [2.24, 2.45) is 11.8 Å². The van der Waals surface area contributed by atoms with Crippen molar-refractivity contribution in [2.75, 3.05) is 6.61 Å². The molecule has 0 saturated heterocycles. The van der Waals surface area contributed by atoms with Crippen LogP contribution >= 0.6 is 0 Å². The first kappa shape index (κ1) is 25.9. The van der Waals surface area contributed by atoms with Gasteiger partial charge in [0.05, 0.1) is 5.56 Å². The highest BCUT2D eigenvalue weighted by Crippen LogP contribution is 2.34.